The Balaban J connectivity index is 1.87. The number of hydrogen-bond donors (Lipinski definition) is 3. The number of amides is 2. The minimum absolute atomic E-state index is 0.266. The van der Waals surface area contributed by atoms with E-state index in [1.807, 2.05) is 0 Å². The molecule has 2 amide bonds. The second-order valence-electron chi connectivity index (χ2n) is 4.89. The number of urea groups is 1. The molecule has 0 aliphatic rings. The number of halogens is 2. The quantitative estimate of drug-likeness (QED) is 0.761. The number of aliphatic hydroxyl groups excluding tert-OH is 1. The molecule has 2 atom stereocenters. The van der Waals surface area contributed by atoms with Crippen molar-refractivity contribution < 1.29 is 14.3 Å². The van der Waals surface area contributed by atoms with Gasteiger partial charge in [0, 0.05) is 17.5 Å². The van der Waals surface area contributed by atoms with Crippen molar-refractivity contribution in [3.05, 3.63) is 52.4 Å². The van der Waals surface area contributed by atoms with E-state index >= 15 is 0 Å². The molecule has 2 aromatic rings. The molecule has 22 heavy (non-hydrogen) atoms. The topological polar surface area (TPSA) is 74.5 Å². The molecule has 1 aromatic heterocycles. The maximum absolute atomic E-state index is 11.9. The number of aliphatic hydroxyl groups is 1. The van der Waals surface area contributed by atoms with Crippen LogP contribution in [0.3, 0.4) is 0 Å². The summed E-state index contributed by atoms with van der Waals surface area (Å²) in [5, 5.41) is 16.2. The summed E-state index contributed by atoms with van der Waals surface area (Å²) in [5.41, 5.74) is 0.422. The van der Waals surface area contributed by atoms with Crippen LogP contribution in [-0.4, -0.2) is 17.2 Å². The van der Waals surface area contributed by atoms with Crippen LogP contribution in [0.15, 0.2) is 41.0 Å². The van der Waals surface area contributed by atoms with E-state index in [1.54, 1.807) is 37.3 Å². The van der Waals surface area contributed by atoms with Crippen molar-refractivity contribution in [2.45, 2.75) is 25.5 Å². The van der Waals surface area contributed by atoms with E-state index in [0.29, 0.717) is 27.9 Å². The minimum atomic E-state index is -0.778. The fraction of sp³-hybridized carbons (Fsp3) is 0.267. The van der Waals surface area contributed by atoms with Gasteiger partial charge in [-0.1, -0.05) is 23.2 Å². The number of carbonyl (C=O) groups is 1. The molecular weight excluding hydrogens is 327 g/mol. The van der Waals surface area contributed by atoms with Crippen molar-refractivity contribution in [1.82, 2.24) is 5.32 Å². The molecule has 5 nitrogen and oxygen atoms in total. The third-order valence-electron chi connectivity index (χ3n) is 3.00. The second-order valence-corrected chi connectivity index (χ2v) is 5.73. The highest BCUT2D eigenvalue weighted by atomic mass is 35.5. The SMILES string of the molecule is CC(CC(O)c1ccco1)NC(=O)Nc1cc(Cl)ccc1Cl. The number of carbonyl (C=O) groups excluding carboxylic acids is 1. The van der Waals surface area contributed by atoms with Crippen LogP contribution < -0.4 is 10.6 Å². The largest absolute Gasteiger partial charge is 0.467 e. The van der Waals surface area contributed by atoms with Crippen LogP contribution >= 0.6 is 23.2 Å². The summed E-state index contributed by atoms with van der Waals surface area (Å²) < 4.78 is 5.12. The van der Waals surface area contributed by atoms with Gasteiger partial charge < -0.3 is 20.2 Å². The summed E-state index contributed by atoms with van der Waals surface area (Å²) in [5.74, 6) is 0.465. The average Bonchev–Trinajstić information content (AvgIpc) is 2.96. The van der Waals surface area contributed by atoms with Gasteiger partial charge in [0.05, 0.1) is 17.0 Å². The zero-order valence-electron chi connectivity index (χ0n) is 11.8. The molecule has 1 heterocycles. The molecule has 0 bridgehead atoms. The molecule has 0 radical (unpaired) electrons. The van der Waals surface area contributed by atoms with Crippen LogP contribution in [0.4, 0.5) is 10.5 Å². The van der Waals surface area contributed by atoms with E-state index < -0.39 is 12.1 Å². The molecule has 118 valence electrons. The monoisotopic (exact) mass is 342 g/mol. The molecule has 0 saturated heterocycles. The smallest absolute Gasteiger partial charge is 0.319 e. The van der Waals surface area contributed by atoms with Gasteiger partial charge in [0.25, 0.3) is 0 Å². The lowest BCUT2D eigenvalue weighted by atomic mass is 10.1. The molecule has 2 unspecified atom stereocenters. The van der Waals surface area contributed by atoms with Crippen LogP contribution in [-0.2, 0) is 0 Å². The Morgan fingerprint density at radius 3 is 2.82 bits per heavy atom. The van der Waals surface area contributed by atoms with Crippen molar-refractivity contribution in [2.75, 3.05) is 5.32 Å². The standard InChI is InChI=1S/C15H16Cl2N2O3/c1-9(7-13(20)14-3-2-6-22-14)18-15(21)19-12-8-10(16)4-5-11(12)17/h2-6,8-9,13,20H,7H2,1H3,(H2,18,19,21). The highest BCUT2D eigenvalue weighted by Gasteiger charge is 2.16. The molecule has 0 spiro atoms. The molecule has 7 heteroatoms. The first-order chi connectivity index (χ1) is 10.5. The number of furan rings is 1. The summed E-state index contributed by atoms with van der Waals surface area (Å²) in [6, 6.07) is 7.49. The van der Waals surface area contributed by atoms with Crippen LogP contribution in [0.5, 0.6) is 0 Å². The Morgan fingerprint density at radius 1 is 1.36 bits per heavy atom. The average molecular weight is 343 g/mol. The summed E-state index contributed by atoms with van der Waals surface area (Å²) in [7, 11) is 0. The van der Waals surface area contributed by atoms with Crippen LogP contribution in [0.2, 0.25) is 10.0 Å². The van der Waals surface area contributed by atoms with E-state index in [1.165, 1.54) is 6.26 Å². The van der Waals surface area contributed by atoms with Gasteiger partial charge in [-0.2, -0.15) is 0 Å². The second kappa shape index (κ2) is 7.54. The van der Waals surface area contributed by atoms with Crippen LogP contribution in [0.25, 0.3) is 0 Å². The highest BCUT2D eigenvalue weighted by molar-refractivity contribution is 6.35. The van der Waals surface area contributed by atoms with Gasteiger partial charge in [0.1, 0.15) is 11.9 Å². The fourth-order valence-electron chi connectivity index (χ4n) is 1.97. The van der Waals surface area contributed by atoms with E-state index in [9.17, 15) is 9.90 Å². The first-order valence-electron chi connectivity index (χ1n) is 6.69. The van der Waals surface area contributed by atoms with Crippen molar-refractivity contribution in [2.24, 2.45) is 0 Å². The molecule has 3 N–H and O–H groups in total. The predicted octanol–water partition coefficient (Wildman–Crippen LogP) is 4.22. The number of rotatable bonds is 5. The first-order valence-corrected chi connectivity index (χ1v) is 7.45. The van der Waals surface area contributed by atoms with Crippen molar-refractivity contribution in [1.29, 1.82) is 0 Å². The summed E-state index contributed by atoms with van der Waals surface area (Å²) >= 11 is 11.8. The van der Waals surface area contributed by atoms with E-state index in [2.05, 4.69) is 10.6 Å². The summed E-state index contributed by atoms with van der Waals surface area (Å²) in [4.78, 5) is 11.9. The molecule has 0 fully saturated rings. The lowest BCUT2D eigenvalue weighted by molar-refractivity contribution is 0.130. The van der Waals surface area contributed by atoms with E-state index in [-0.39, 0.29) is 6.04 Å². The van der Waals surface area contributed by atoms with Gasteiger partial charge in [-0.25, -0.2) is 4.79 Å². The Bertz CT molecular complexity index is 632. The lowest BCUT2D eigenvalue weighted by Gasteiger charge is -2.17. The van der Waals surface area contributed by atoms with Crippen LogP contribution in [0.1, 0.15) is 25.2 Å². The number of benzene rings is 1. The maximum Gasteiger partial charge on any atom is 0.319 e. The van der Waals surface area contributed by atoms with E-state index in [0.717, 1.165) is 0 Å². The molecule has 1 aromatic carbocycles. The molecule has 0 aliphatic carbocycles. The number of nitrogens with one attached hydrogen (secondary N) is 2. The highest BCUT2D eigenvalue weighted by Crippen LogP contribution is 2.25. The van der Waals surface area contributed by atoms with Gasteiger partial charge in [0.2, 0.25) is 0 Å². The van der Waals surface area contributed by atoms with Crippen molar-refractivity contribution in [3.8, 4) is 0 Å². The minimum Gasteiger partial charge on any atom is -0.467 e. The third-order valence-corrected chi connectivity index (χ3v) is 3.57. The van der Waals surface area contributed by atoms with Crippen molar-refractivity contribution in [3.63, 3.8) is 0 Å². The van der Waals surface area contributed by atoms with Gasteiger partial charge in [-0.05, 0) is 37.3 Å². The van der Waals surface area contributed by atoms with E-state index in [4.69, 9.17) is 27.6 Å². The summed E-state index contributed by atoms with van der Waals surface area (Å²) in [6.45, 7) is 1.78. The zero-order chi connectivity index (χ0) is 16.1. The first kappa shape index (κ1) is 16.7. The Labute approximate surface area is 138 Å². The predicted molar refractivity (Wildman–Crippen MR) is 86.4 cm³/mol. The van der Waals surface area contributed by atoms with Gasteiger partial charge in [-0.3, -0.25) is 0 Å². The maximum atomic E-state index is 11.9. The fourth-order valence-corrected chi connectivity index (χ4v) is 2.30. The van der Waals surface area contributed by atoms with Gasteiger partial charge in [0.15, 0.2) is 0 Å². The number of anilines is 1. The Hall–Kier alpha value is -1.69. The van der Waals surface area contributed by atoms with Gasteiger partial charge >= 0.3 is 6.03 Å². The molecular formula is C15H16Cl2N2O3. The van der Waals surface area contributed by atoms with Crippen molar-refractivity contribution >= 4 is 34.9 Å². The van der Waals surface area contributed by atoms with Gasteiger partial charge in [-0.15, -0.1) is 0 Å². The lowest BCUT2D eigenvalue weighted by Crippen LogP contribution is -2.37. The molecule has 0 aliphatic heterocycles. The Morgan fingerprint density at radius 2 is 2.14 bits per heavy atom. The number of hydrogen-bond acceptors (Lipinski definition) is 3. The third kappa shape index (κ3) is 4.66. The molecule has 0 saturated carbocycles. The Kier molecular flexibility index (Phi) is 5.71. The summed E-state index contributed by atoms with van der Waals surface area (Å²) in [6.07, 6.45) is 1.04. The van der Waals surface area contributed by atoms with Crippen LogP contribution in [0, 0.1) is 0 Å². The molecule has 2 rings (SSSR count). The normalized spacial score (nSPS) is 13.5. The zero-order valence-corrected chi connectivity index (χ0v) is 13.4.